The SMILES string of the molecule is c1ccc2c(c1)CCC(C1NCc3ccccc31)[N]2. The molecule has 2 aliphatic heterocycles. The van der Waals surface area contributed by atoms with Crippen molar-refractivity contribution in [2.75, 3.05) is 0 Å². The van der Waals surface area contributed by atoms with E-state index >= 15 is 0 Å². The predicted octanol–water partition coefficient (Wildman–Crippen LogP) is 3.08. The summed E-state index contributed by atoms with van der Waals surface area (Å²) in [6.45, 7) is 0.981. The second-order valence-corrected chi connectivity index (χ2v) is 5.42. The van der Waals surface area contributed by atoms with E-state index in [1.165, 1.54) is 22.4 Å². The second kappa shape index (κ2) is 4.39. The molecule has 2 unspecified atom stereocenters. The molecule has 1 N–H and O–H groups in total. The number of para-hydroxylation sites is 1. The molecule has 0 saturated carbocycles. The highest BCUT2D eigenvalue weighted by Gasteiger charge is 2.32. The fourth-order valence-corrected chi connectivity index (χ4v) is 3.31. The Hall–Kier alpha value is -1.80. The highest BCUT2D eigenvalue weighted by molar-refractivity contribution is 5.48. The fourth-order valence-electron chi connectivity index (χ4n) is 3.31. The van der Waals surface area contributed by atoms with Crippen molar-refractivity contribution in [1.29, 1.82) is 0 Å². The molecule has 4 rings (SSSR count). The summed E-state index contributed by atoms with van der Waals surface area (Å²) in [5, 5.41) is 8.59. The predicted molar refractivity (Wildman–Crippen MR) is 76.4 cm³/mol. The van der Waals surface area contributed by atoms with Crippen LogP contribution in [0.2, 0.25) is 0 Å². The summed E-state index contributed by atoms with van der Waals surface area (Å²) in [5.41, 5.74) is 5.45. The molecule has 2 atom stereocenters. The molecule has 2 aromatic rings. The molecule has 19 heavy (non-hydrogen) atoms. The lowest BCUT2D eigenvalue weighted by molar-refractivity contribution is 0.393. The van der Waals surface area contributed by atoms with Gasteiger partial charge in [0.2, 0.25) is 0 Å². The first kappa shape index (κ1) is 11.1. The monoisotopic (exact) mass is 249 g/mol. The molecule has 2 aromatic carbocycles. The van der Waals surface area contributed by atoms with Crippen molar-refractivity contribution in [2.24, 2.45) is 0 Å². The van der Waals surface area contributed by atoms with Crippen LogP contribution >= 0.6 is 0 Å². The molecule has 2 heterocycles. The van der Waals surface area contributed by atoms with Crippen molar-refractivity contribution in [2.45, 2.75) is 31.5 Å². The lowest BCUT2D eigenvalue weighted by atomic mass is 9.90. The second-order valence-electron chi connectivity index (χ2n) is 5.42. The third kappa shape index (κ3) is 1.83. The zero-order valence-electron chi connectivity index (χ0n) is 10.8. The van der Waals surface area contributed by atoms with Crippen molar-refractivity contribution >= 4 is 5.69 Å². The van der Waals surface area contributed by atoms with Crippen LogP contribution in [-0.2, 0) is 13.0 Å². The molecule has 2 nitrogen and oxygen atoms in total. The highest BCUT2D eigenvalue weighted by atomic mass is 15.0. The van der Waals surface area contributed by atoms with Crippen LogP contribution in [-0.4, -0.2) is 6.04 Å². The van der Waals surface area contributed by atoms with E-state index in [-0.39, 0.29) is 0 Å². The number of hydrogen-bond donors (Lipinski definition) is 1. The van der Waals surface area contributed by atoms with Crippen LogP contribution < -0.4 is 10.6 Å². The summed E-state index contributed by atoms with van der Waals surface area (Å²) in [5.74, 6) is 0. The Labute approximate surface area is 113 Å². The number of fused-ring (bicyclic) bond motifs is 2. The van der Waals surface area contributed by atoms with Crippen molar-refractivity contribution in [1.82, 2.24) is 10.6 Å². The third-order valence-electron chi connectivity index (χ3n) is 4.29. The third-order valence-corrected chi connectivity index (χ3v) is 4.29. The molecule has 0 aliphatic carbocycles. The van der Waals surface area contributed by atoms with Crippen molar-refractivity contribution in [3.05, 3.63) is 65.2 Å². The van der Waals surface area contributed by atoms with Gasteiger partial charge in [-0.2, -0.15) is 0 Å². The van der Waals surface area contributed by atoms with E-state index in [0.717, 1.165) is 19.4 Å². The maximum atomic E-state index is 4.96. The molecule has 0 amide bonds. The van der Waals surface area contributed by atoms with Gasteiger partial charge in [-0.15, -0.1) is 0 Å². The van der Waals surface area contributed by atoms with Gasteiger partial charge in [-0.05, 0) is 35.6 Å². The average Bonchev–Trinajstić information content (AvgIpc) is 2.91. The van der Waals surface area contributed by atoms with Crippen LogP contribution in [0.1, 0.15) is 29.2 Å². The first-order valence-corrected chi connectivity index (χ1v) is 7.02. The summed E-state index contributed by atoms with van der Waals surface area (Å²) < 4.78 is 0. The molecule has 2 aliphatic rings. The fraction of sp³-hybridized carbons (Fsp3) is 0.294. The van der Waals surface area contributed by atoms with Crippen molar-refractivity contribution < 1.29 is 0 Å². The number of benzene rings is 2. The van der Waals surface area contributed by atoms with Crippen LogP contribution in [0.25, 0.3) is 0 Å². The Kier molecular flexibility index (Phi) is 2.56. The van der Waals surface area contributed by atoms with Crippen molar-refractivity contribution in [3.8, 4) is 0 Å². The molecule has 95 valence electrons. The van der Waals surface area contributed by atoms with E-state index in [1.54, 1.807) is 0 Å². The van der Waals surface area contributed by atoms with Gasteiger partial charge in [-0.3, -0.25) is 5.32 Å². The van der Waals surface area contributed by atoms with E-state index in [1.807, 2.05) is 0 Å². The summed E-state index contributed by atoms with van der Waals surface area (Å²) in [4.78, 5) is 0. The quantitative estimate of drug-likeness (QED) is 0.826. The van der Waals surface area contributed by atoms with Gasteiger partial charge in [0.25, 0.3) is 0 Å². The van der Waals surface area contributed by atoms with E-state index in [9.17, 15) is 0 Å². The molecular weight excluding hydrogens is 232 g/mol. The Morgan fingerprint density at radius 3 is 2.68 bits per heavy atom. The topological polar surface area (TPSA) is 26.1 Å². The van der Waals surface area contributed by atoms with E-state index in [4.69, 9.17) is 5.32 Å². The van der Waals surface area contributed by atoms with Gasteiger partial charge in [0, 0.05) is 6.54 Å². The Bertz CT molecular complexity index is 606. The molecule has 0 fully saturated rings. The summed E-state index contributed by atoms with van der Waals surface area (Å²) >= 11 is 0. The Morgan fingerprint density at radius 2 is 1.74 bits per heavy atom. The van der Waals surface area contributed by atoms with Gasteiger partial charge in [-0.25, -0.2) is 0 Å². The number of nitrogens with one attached hydrogen (secondary N) is 1. The summed E-state index contributed by atoms with van der Waals surface area (Å²) in [6, 6.07) is 18.0. The van der Waals surface area contributed by atoms with E-state index in [0.29, 0.717) is 12.1 Å². The van der Waals surface area contributed by atoms with Crippen LogP contribution in [0.4, 0.5) is 5.69 Å². The van der Waals surface area contributed by atoms with Crippen LogP contribution in [0.5, 0.6) is 0 Å². The zero-order chi connectivity index (χ0) is 12.7. The standard InChI is InChI=1S/C17H17N2/c1-3-7-14-13(6-1)11-18-17(14)16-10-9-12-5-2-4-8-15(12)19-16/h1-8,16-18H,9-11H2. The smallest absolute Gasteiger partial charge is 0.0704 e. The lowest BCUT2D eigenvalue weighted by Crippen LogP contribution is -2.35. The summed E-state index contributed by atoms with van der Waals surface area (Å²) in [7, 11) is 0. The van der Waals surface area contributed by atoms with Gasteiger partial charge in [0.1, 0.15) is 0 Å². The minimum absolute atomic E-state index is 0.374. The molecular formula is C17H17N2. The minimum Gasteiger partial charge on any atom is -0.304 e. The maximum absolute atomic E-state index is 4.96. The number of aryl methyl sites for hydroxylation is 1. The molecule has 0 saturated heterocycles. The molecule has 1 radical (unpaired) electrons. The van der Waals surface area contributed by atoms with Crippen LogP contribution in [0.15, 0.2) is 48.5 Å². The van der Waals surface area contributed by atoms with Crippen molar-refractivity contribution in [3.63, 3.8) is 0 Å². The zero-order valence-corrected chi connectivity index (χ0v) is 10.8. The van der Waals surface area contributed by atoms with Gasteiger partial charge >= 0.3 is 0 Å². The minimum atomic E-state index is 0.374. The Morgan fingerprint density at radius 1 is 0.947 bits per heavy atom. The Balaban J connectivity index is 1.63. The lowest BCUT2D eigenvalue weighted by Gasteiger charge is -2.29. The largest absolute Gasteiger partial charge is 0.304 e. The average molecular weight is 249 g/mol. The highest BCUT2D eigenvalue weighted by Crippen LogP contribution is 2.34. The van der Waals surface area contributed by atoms with Crippen LogP contribution in [0.3, 0.4) is 0 Å². The number of rotatable bonds is 1. The maximum Gasteiger partial charge on any atom is 0.0704 e. The molecule has 0 aromatic heterocycles. The van der Waals surface area contributed by atoms with Gasteiger partial charge in [0.15, 0.2) is 0 Å². The van der Waals surface area contributed by atoms with Crippen LogP contribution in [0, 0.1) is 0 Å². The number of hydrogen-bond acceptors (Lipinski definition) is 1. The molecule has 0 bridgehead atoms. The number of nitrogens with zero attached hydrogens (tertiary/aromatic N) is 1. The normalized spacial score (nSPS) is 24.4. The van der Waals surface area contributed by atoms with E-state index in [2.05, 4.69) is 53.8 Å². The summed E-state index contributed by atoms with van der Waals surface area (Å²) in [6.07, 6.45) is 2.29. The van der Waals surface area contributed by atoms with Gasteiger partial charge in [-0.1, -0.05) is 42.5 Å². The first-order valence-electron chi connectivity index (χ1n) is 7.02. The van der Waals surface area contributed by atoms with E-state index < -0.39 is 0 Å². The molecule has 2 heteroatoms. The van der Waals surface area contributed by atoms with Gasteiger partial charge in [0.05, 0.1) is 17.8 Å². The van der Waals surface area contributed by atoms with Gasteiger partial charge < -0.3 is 5.32 Å². The first-order chi connectivity index (χ1) is 9.42. The molecule has 0 spiro atoms.